The Bertz CT molecular complexity index is 586. The average molecular weight is 287 g/mol. The van der Waals surface area contributed by atoms with Crippen LogP contribution in [0.4, 0.5) is 8.78 Å². The number of aromatic nitrogens is 2. The molecule has 102 valence electrons. The number of nitrogens with zero attached hydrogens (tertiary/aromatic N) is 2. The molecule has 0 saturated carbocycles. The minimum Gasteiger partial charge on any atom is -0.382 e. The summed E-state index contributed by atoms with van der Waals surface area (Å²) in [5.41, 5.74) is 0.118. The molecule has 1 aromatic heterocycles. The standard InChI is InChI=1S/C13H13ClF2N2O/c1-2-6-18-12(9(14)7-17-18)13(19)8-4-3-5-10(15)11(8)16/h3-5,7,13,19H,2,6H2,1H3. The fraction of sp³-hybridized carbons (Fsp3) is 0.308. The van der Waals surface area contributed by atoms with Crippen molar-refractivity contribution in [3.63, 3.8) is 0 Å². The van der Waals surface area contributed by atoms with Crippen molar-refractivity contribution in [3.05, 3.63) is 52.3 Å². The first-order chi connectivity index (χ1) is 9.06. The van der Waals surface area contributed by atoms with Gasteiger partial charge in [-0.05, 0) is 12.5 Å². The van der Waals surface area contributed by atoms with Crippen LogP contribution in [0.15, 0.2) is 24.4 Å². The van der Waals surface area contributed by atoms with Gasteiger partial charge in [0.15, 0.2) is 11.6 Å². The third-order valence-corrected chi connectivity index (χ3v) is 3.09. The number of aryl methyl sites for hydroxylation is 1. The Morgan fingerprint density at radius 2 is 2.16 bits per heavy atom. The highest BCUT2D eigenvalue weighted by molar-refractivity contribution is 6.31. The second-order valence-electron chi connectivity index (χ2n) is 4.15. The number of aliphatic hydroxyl groups excluding tert-OH is 1. The molecule has 0 amide bonds. The van der Waals surface area contributed by atoms with Gasteiger partial charge in [-0.2, -0.15) is 5.10 Å². The molecule has 0 aliphatic heterocycles. The number of aliphatic hydroxyl groups is 1. The molecule has 6 heteroatoms. The van der Waals surface area contributed by atoms with Gasteiger partial charge < -0.3 is 5.11 Å². The Labute approximate surface area is 114 Å². The zero-order valence-electron chi connectivity index (χ0n) is 10.3. The molecule has 0 bridgehead atoms. The monoisotopic (exact) mass is 286 g/mol. The van der Waals surface area contributed by atoms with E-state index in [4.69, 9.17) is 11.6 Å². The van der Waals surface area contributed by atoms with E-state index in [1.165, 1.54) is 23.0 Å². The van der Waals surface area contributed by atoms with Crippen molar-refractivity contribution in [2.24, 2.45) is 0 Å². The molecule has 0 aliphatic rings. The number of halogens is 3. The van der Waals surface area contributed by atoms with E-state index in [-0.39, 0.29) is 16.3 Å². The first-order valence-electron chi connectivity index (χ1n) is 5.89. The molecule has 1 N–H and O–H groups in total. The van der Waals surface area contributed by atoms with Crippen LogP contribution in [0, 0.1) is 11.6 Å². The lowest BCUT2D eigenvalue weighted by Crippen LogP contribution is -2.12. The molecular weight excluding hydrogens is 274 g/mol. The Morgan fingerprint density at radius 1 is 1.42 bits per heavy atom. The number of hydrogen-bond acceptors (Lipinski definition) is 2. The summed E-state index contributed by atoms with van der Waals surface area (Å²) in [7, 11) is 0. The maximum absolute atomic E-state index is 13.7. The Morgan fingerprint density at radius 3 is 2.84 bits per heavy atom. The molecule has 1 heterocycles. The lowest BCUT2D eigenvalue weighted by Gasteiger charge is -2.15. The van der Waals surface area contributed by atoms with Gasteiger partial charge in [0.05, 0.1) is 16.9 Å². The topological polar surface area (TPSA) is 38.0 Å². The molecule has 1 unspecified atom stereocenters. The van der Waals surface area contributed by atoms with E-state index in [1.807, 2.05) is 6.92 Å². The highest BCUT2D eigenvalue weighted by Crippen LogP contribution is 2.30. The predicted molar refractivity (Wildman–Crippen MR) is 67.9 cm³/mol. The van der Waals surface area contributed by atoms with Crippen LogP contribution < -0.4 is 0 Å². The summed E-state index contributed by atoms with van der Waals surface area (Å²) in [5, 5.41) is 14.5. The second-order valence-corrected chi connectivity index (χ2v) is 4.55. The zero-order valence-corrected chi connectivity index (χ0v) is 11.0. The fourth-order valence-electron chi connectivity index (χ4n) is 1.91. The van der Waals surface area contributed by atoms with Crippen LogP contribution in [0.1, 0.15) is 30.7 Å². The summed E-state index contributed by atoms with van der Waals surface area (Å²) in [5.74, 6) is -2.08. The minimum absolute atomic E-state index is 0.153. The molecule has 0 fully saturated rings. The summed E-state index contributed by atoms with van der Waals surface area (Å²) >= 11 is 5.96. The molecule has 0 spiro atoms. The summed E-state index contributed by atoms with van der Waals surface area (Å²) in [6.07, 6.45) is 0.813. The van der Waals surface area contributed by atoms with Crippen LogP contribution in [0.5, 0.6) is 0 Å². The van der Waals surface area contributed by atoms with Crippen LogP contribution in [0.3, 0.4) is 0 Å². The summed E-state index contributed by atoms with van der Waals surface area (Å²) in [6, 6.07) is 3.66. The van der Waals surface area contributed by atoms with Crippen molar-refractivity contribution in [3.8, 4) is 0 Å². The van der Waals surface area contributed by atoms with Crippen molar-refractivity contribution in [1.29, 1.82) is 0 Å². The van der Waals surface area contributed by atoms with E-state index >= 15 is 0 Å². The van der Waals surface area contributed by atoms with E-state index in [2.05, 4.69) is 5.10 Å². The Kier molecular flexibility index (Phi) is 4.17. The molecule has 0 radical (unpaired) electrons. The van der Waals surface area contributed by atoms with Gasteiger partial charge in [-0.25, -0.2) is 8.78 Å². The van der Waals surface area contributed by atoms with E-state index in [9.17, 15) is 13.9 Å². The van der Waals surface area contributed by atoms with Gasteiger partial charge in [-0.15, -0.1) is 0 Å². The maximum atomic E-state index is 13.7. The molecule has 3 nitrogen and oxygen atoms in total. The molecule has 1 atom stereocenters. The Hall–Kier alpha value is -1.46. The van der Waals surface area contributed by atoms with Crippen LogP contribution in [-0.4, -0.2) is 14.9 Å². The van der Waals surface area contributed by atoms with E-state index in [0.29, 0.717) is 6.54 Å². The predicted octanol–water partition coefficient (Wildman–Crippen LogP) is 3.31. The van der Waals surface area contributed by atoms with Crippen LogP contribution in [-0.2, 0) is 6.54 Å². The minimum atomic E-state index is -1.35. The van der Waals surface area contributed by atoms with E-state index in [0.717, 1.165) is 12.5 Å². The van der Waals surface area contributed by atoms with Gasteiger partial charge in [0.25, 0.3) is 0 Å². The number of benzene rings is 1. The highest BCUT2D eigenvalue weighted by atomic mass is 35.5. The van der Waals surface area contributed by atoms with Crippen LogP contribution >= 0.6 is 11.6 Å². The van der Waals surface area contributed by atoms with E-state index < -0.39 is 17.7 Å². The fourth-order valence-corrected chi connectivity index (χ4v) is 2.16. The lowest BCUT2D eigenvalue weighted by atomic mass is 10.1. The van der Waals surface area contributed by atoms with Crippen molar-refractivity contribution in [2.75, 3.05) is 0 Å². The van der Waals surface area contributed by atoms with Crippen molar-refractivity contribution in [1.82, 2.24) is 9.78 Å². The first-order valence-corrected chi connectivity index (χ1v) is 6.27. The van der Waals surface area contributed by atoms with Crippen LogP contribution in [0.25, 0.3) is 0 Å². The van der Waals surface area contributed by atoms with Gasteiger partial charge in [0.2, 0.25) is 0 Å². The SMILES string of the molecule is CCCn1ncc(Cl)c1C(O)c1cccc(F)c1F. The summed E-state index contributed by atoms with van der Waals surface area (Å²) in [4.78, 5) is 0. The smallest absolute Gasteiger partial charge is 0.165 e. The van der Waals surface area contributed by atoms with Gasteiger partial charge in [0, 0.05) is 12.1 Å². The van der Waals surface area contributed by atoms with Gasteiger partial charge in [0.1, 0.15) is 6.10 Å². The highest BCUT2D eigenvalue weighted by Gasteiger charge is 2.23. The molecule has 0 aliphatic carbocycles. The number of rotatable bonds is 4. The molecule has 0 saturated heterocycles. The summed E-state index contributed by atoms with van der Waals surface area (Å²) in [6.45, 7) is 2.48. The molecular formula is C13H13ClF2N2O. The lowest BCUT2D eigenvalue weighted by molar-refractivity contribution is 0.201. The largest absolute Gasteiger partial charge is 0.382 e. The second kappa shape index (κ2) is 5.67. The Balaban J connectivity index is 2.46. The molecule has 19 heavy (non-hydrogen) atoms. The maximum Gasteiger partial charge on any atom is 0.165 e. The van der Waals surface area contributed by atoms with Gasteiger partial charge >= 0.3 is 0 Å². The van der Waals surface area contributed by atoms with Gasteiger partial charge in [-0.3, -0.25) is 4.68 Å². The zero-order chi connectivity index (χ0) is 14.0. The molecule has 1 aromatic carbocycles. The molecule has 2 aromatic rings. The summed E-state index contributed by atoms with van der Waals surface area (Å²) < 4.78 is 28.4. The van der Waals surface area contributed by atoms with Crippen molar-refractivity contribution in [2.45, 2.75) is 26.0 Å². The van der Waals surface area contributed by atoms with Crippen LogP contribution in [0.2, 0.25) is 5.02 Å². The average Bonchev–Trinajstić information content (AvgIpc) is 2.74. The van der Waals surface area contributed by atoms with Crippen molar-refractivity contribution < 1.29 is 13.9 Å². The third kappa shape index (κ3) is 2.62. The van der Waals surface area contributed by atoms with Gasteiger partial charge in [-0.1, -0.05) is 30.7 Å². The van der Waals surface area contributed by atoms with E-state index in [1.54, 1.807) is 0 Å². The third-order valence-electron chi connectivity index (χ3n) is 2.80. The van der Waals surface area contributed by atoms with Crippen molar-refractivity contribution >= 4 is 11.6 Å². The normalized spacial score (nSPS) is 12.7. The molecule has 2 rings (SSSR count). The first kappa shape index (κ1) is 14.0. The quantitative estimate of drug-likeness (QED) is 0.936. The number of hydrogen-bond donors (Lipinski definition) is 1.